The van der Waals surface area contributed by atoms with Crippen molar-refractivity contribution in [3.05, 3.63) is 71.8 Å². The van der Waals surface area contributed by atoms with Crippen LogP contribution in [0.15, 0.2) is 60.7 Å². The van der Waals surface area contributed by atoms with E-state index >= 15 is 0 Å². The van der Waals surface area contributed by atoms with Crippen LogP contribution in [0.3, 0.4) is 0 Å². The summed E-state index contributed by atoms with van der Waals surface area (Å²) < 4.78 is 5.24. The van der Waals surface area contributed by atoms with Gasteiger partial charge in [-0.2, -0.15) is 0 Å². The highest BCUT2D eigenvalue weighted by molar-refractivity contribution is 6.07. The molecule has 0 bridgehead atoms. The predicted molar refractivity (Wildman–Crippen MR) is 134 cm³/mol. The fourth-order valence-corrected chi connectivity index (χ4v) is 4.89. The SMILES string of the molecule is O=C(CCN1C(=O)NC2(CCCCC2)C1=O)OCC(=O)N(CCc1ccccc1)Cc1ccccc1. The number of carbonyl (C=O) groups is 4. The fraction of sp³-hybridized carbons (Fsp3) is 0.429. The van der Waals surface area contributed by atoms with Crippen molar-refractivity contribution >= 4 is 23.8 Å². The molecule has 8 nitrogen and oxygen atoms in total. The zero-order chi connectivity index (χ0) is 25.4. The third-order valence-corrected chi connectivity index (χ3v) is 6.93. The molecule has 2 aromatic carbocycles. The second-order valence-corrected chi connectivity index (χ2v) is 9.48. The molecule has 8 heteroatoms. The van der Waals surface area contributed by atoms with E-state index in [2.05, 4.69) is 5.32 Å². The summed E-state index contributed by atoms with van der Waals surface area (Å²) in [5, 5.41) is 2.83. The van der Waals surface area contributed by atoms with E-state index in [1.807, 2.05) is 60.7 Å². The van der Waals surface area contributed by atoms with Gasteiger partial charge in [-0.05, 0) is 30.4 Å². The van der Waals surface area contributed by atoms with Crippen LogP contribution in [0.5, 0.6) is 0 Å². The molecule has 4 rings (SSSR count). The number of imide groups is 1. The number of hydrogen-bond acceptors (Lipinski definition) is 5. The maximum absolute atomic E-state index is 13.0. The topological polar surface area (TPSA) is 96.0 Å². The fourth-order valence-electron chi connectivity index (χ4n) is 4.89. The molecule has 1 aliphatic heterocycles. The molecule has 2 aliphatic rings. The Hall–Kier alpha value is -3.68. The molecule has 1 aliphatic carbocycles. The average Bonchev–Trinajstić information content (AvgIpc) is 3.13. The van der Waals surface area contributed by atoms with Gasteiger partial charge in [-0.25, -0.2) is 4.79 Å². The van der Waals surface area contributed by atoms with Crippen molar-refractivity contribution in [3.8, 4) is 0 Å². The van der Waals surface area contributed by atoms with Crippen LogP contribution in [0.4, 0.5) is 4.79 Å². The Labute approximate surface area is 211 Å². The maximum atomic E-state index is 13.0. The van der Waals surface area contributed by atoms with Gasteiger partial charge in [0.1, 0.15) is 5.54 Å². The molecular weight excluding hydrogens is 458 g/mol. The second kappa shape index (κ2) is 11.8. The van der Waals surface area contributed by atoms with Crippen LogP contribution < -0.4 is 5.32 Å². The summed E-state index contributed by atoms with van der Waals surface area (Å²) >= 11 is 0. The van der Waals surface area contributed by atoms with Crippen molar-refractivity contribution < 1.29 is 23.9 Å². The van der Waals surface area contributed by atoms with E-state index < -0.39 is 17.5 Å². The number of benzene rings is 2. The minimum Gasteiger partial charge on any atom is -0.456 e. The molecular formula is C28H33N3O5. The van der Waals surface area contributed by atoms with Gasteiger partial charge in [-0.1, -0.05) is 79.9 Å². The van der Waals surface area contributed by atoms with E-state index in [0.29, 0.717) is 32.4 Å². The first kappa shape index (κ1) is 25.4. The standard InChI is InChI=1S/C28H33N3O5/c32-24(30(20-23-12-6-2-7-13-23)18-14-22-10-4-1-5-11-22)21-36-25(33)15-19-31-26(34)28(29-27(31)35)16-8-3-9-17-28/h1-2,4-7,10-13H,3,8-9,14-21H2,(H,29,35). The van der Waals surface area contributed by atoms with Gasteiger partial charge in [0.2, 0.25) is 0 Å². The molecule has 2 aromatic rings. The smallest absolute Gasteiger partial charge is 0.325 e. The van der Waals surface area contributed by atoms with Crippen LogP contribution in [0.25, 0.3) is 0 Å². The van der Waals surface area contributed by atoms with Gasteiger partial charge >= 0.3 is 12.0 Å². The third-order valence-electron chi connectivity index (χ3n) is 6.93. The van der Waals surface area contributed by atoms with Gasteiger partial charge in [0, 0.05) is 19.6 Å². The van der Waals surface area contributed by atoms with E-state index in [9.17, 15) is 19.2 Å². The van der Waals surface area contributed by atoms with E-state index in [1.165, 1.54) is 0 Å². The lowest BCUT2D eigenvalue weighted by Crippen LogP contribution is -2.48. The number of nitrogens with zero attached hydrogens (tertiary/aromatic N) is 2. The molecule has 190 valence electrons. The molecule has 4 amide bonds. The highest BCUT2D eigenvalue weighted by Crippen LogP contribution is 2.33. The molecule has 36 heavy (non-hydrogen) atoms. The van der Waals surface area contributed by atoms with Crippen molar-refractivity contribution in [1.82, 2.24) is 15.1 Å². The summed E-state index contributed by atoms with van der Waals surface area (Å²) in [6, 6.07) is 19.1. The molecule has 1 saturated carbocycles. The Morgan fingerprint density at radius 3 is 2.22 bits per heavy atom. The van der Waals surface area contributed by atoms with Crippen LogP contribution in [-0.4, -0.2) is 58.8 Å². The predicted octanol–water partition coefficient (Wildman–Crippen LogP) is 3.45. The Morgan fingerprint density at radius 2 is 1.56 bits per heavy atom. The first-order chi connectivity index (χ1) is 17.5. The van der Waals surface area contributed by atoms with Gasteiger partial charge in [0.05, 0.1) is 6.42 Å². The monoisotopic (exact) mass is 491 g/mol. The van der Waals surface area contributed by atoms with Crippen molar-refractivity contribution in [2.24, 2.45) is 0 Å². The molecule has 0 aromatic heterocycles. The molecule has 1 N–H and O–H groups in total. The number of ether oxygens (including phenoxy) is 1. The summed E-state index contributed by atoms with van der Waals surface area (Å²) in [4.78, 5) is 53.4. The summed E-state index contributed by atoms with van der Waals surface area (Å²) in [6.07, 6.45) is 4.65. The Balaban J connectivity index is 1.28. The van der Waals surface area contributed by atoms with Crippen LogP contribution in [-0.2, 0) is 32.1 Å². The summed E-state index contributed by atoms with van der Waals surface area (Å²) in [7, 11) is 0. The van der Waals surface area contributed by atoms with E-state index in [1.54, 1.807) is 4.90 Å². The van der Waals surface area contributed by atoms with Gasteiger partial charge in [-0.15, -0.1) is 0 Å². The van der Waals surface area contributed by atoms with Gasteiger partial charge < -0.3 is 15.0 Å². The zero-order valence-corrected chi connectivity index (χ0v) is 20.5. The van der Waals surface area contributed by atoms with Crippen molar-refractivity contribution in [2.45, 2.75) is 57.0 Å². The number of carbonyl (C=O) groups excluding carboxylic acids is 4. The van der Waals surface area contributed by atoms with Crippen LogP contribution >= 0.6 is 0 Å². The number of esters is 1. The van der Waals surface area contributed by atoms with Crippen molar-refractivity contribution in [2.75, 3.05) is 19.7 Å². The van der Waals surface area contributed by atoms with Gasteiger partial charge in [0.25, 0.3) is 11.8 Å². The highest BCUT2D eigenvalue weighted by Gasteiger charge is 2.51. The van der Waals surface area contributed by atoms with E-state index in [0.717, 1.165) is 35.3 Å². The molecule has 1 heterocycles. The van der Waals surface area contributed by atoms with Crippen LogP contribution in [0.1, 0.15) is 49.7 Å². The van der Waals surface area contributed by atoms with Crippen molar-refractivity contribution in [3.63, 3.8) is 0 Å². The lowest BCUT2D eigenvalue weighted by atomic mass is 9.82. The largest absolute Gasteiger partial charge is 0.456 e. The summed E-state index contributed by atoms with van der Waals surface area (Å²) in [6.45, 7) is 0.458. The molecule has 1 saturated heterocycles. The lowest BCUT2D eigenvalue weighted by Gasteiger charge is -2.30. The first-order valence-electron chi connectivity index (χ1n) is 12.6. The number of nitrogens with one attached hydrogen (secondary N) is 1. The number of hydrogen-bond donors (Lipinski definition) is 1. The zero-order valence-electron chi connectivity index (χ0n) is 20.5. The molecule has 0 atom stereocenters. The minimum absolute atomic E-state index is 0.0544. The molecule has 1 spiro atoms. The Bertz CT molecular complexity index is 1070. The lowest BCUT2D eigenvalue weighted by molar-refractivity contribution is -0.152. The van der Waals surface area contributed by atoms with Crippen LogP contribution in [0.2, 0.25) is 0 Å². The third kappa shape index (κ3) is 6.30. The van der Waals surface area contributed by atoms with E-state index in [-0.39, 0.29) is 31.4 Å². The summed E-state index contributed by atoms with van der Waals surface area (Å²) in [5.74, 6) is -1.17. The average molecular weight is 492 g/mol. The van der Waals surface area contributed by atoms with Gasteiger partial charge in [0.15, 0.2) is 6.61 Å². The Morgan fingerprint density at radius 1 is 0.917 bits per heavy atom. The first-order valence-corrected chi connectivity index (χ1v) is 12.6. The number of rotatable bonds is 10. The van der Waals surface area contributed by atoms with Crippen molar-refractivity contribution in [1.29, 1.82) is 0 Å². The molecule has 2 fully saturated rings. The number of urea groups is 1. The second-order valence-electron chi connectivity index (χ2n) is 9.48. The number of amides is 4. The quantitative estimate of drug-likeness (QED) is 0.406. The summed E-state index contributed by atoms with van der Waals surface area (Å²) in [5.41, 5.74) is 1.29. The Kier molecular flexibility index (Phi) is 8.36. The molecule has 0 unspecified atom stereocenters. The normalized spacial score (nSPS) is 16.6. The van der Waals surface area contributed by atoms with Gasteiger partial charge in [-0.3, -0.25) is 19.3 Å². The van der Waals surface area contributed by atoms with E-state index in [4.69, 9.17) is 4.74 Å². The van der Waals surface area contributed by atoms with Crippen LogP contribution in [0, 0.1) is 0 Å². The maximum Gasteiger partial charge on any atom is 0.325 e. The highest BCUT2D eigenvalue weighted by atomic mass is 16.5. The minimum atomic E-state index is -0.814. The molecule has 0 radical (unpaired) electrons.